The van der Waals surface area contributed by atoms with Gasteiger partial charge in [-0.1, -0.05) is 23.2 Å². The molecule has 0 bridgehead atoms. The predicted molar refractivity (Wildman–Crippen MR) is 67.2 cm³/mol. The van der Waals surface area contributed by atoms with Crippen LogP contribution in [0.15, 0.2) is 11.0 Å². The molecular weight excluding hydrogens is 309 g/mol. The van der Waals surface area contributed by atoms with Crippen molar-refractivity contribution in [1.82, 2.24) is 4.72 Å². The Morgan fingerprint density at radius 3 is 2.53 bits per heavy atom. The summed E-state index contributed by atoms with van der Waals surface area (Å²) in [4.78, 5) is -0.136. The minimum absolute atomic E-state index is 0.0474. The van der Waals surface area contributed by atoms with Crippen LogP contribution in [0.25, 0.3) is 0 Å². The topological polar surface area (TPSA) is 86.6 Å². The fourth-order valence-corrected chi connectivity index (χ4v) is 4.20. The fourth-order valence-electron chi connectivity index (χ4n) is 0.893. The Morgan fingerprint density at radius 2 is 2.12 bits per heavy atom. The van der Waals surface area contributed by atoms with Crippen molar-refractivity contribution in [3.8, 4) is 0 Å². The SMILES string of the molecule is CC(O)(CO)CNS(=O)(=O)c1cc(Cl)sc1Cl. The molecule has 98 valence electrons. The Morgan fingerprint density at radius 1 is 1.53 bits per heavy atom. The number of aliphatic hydroxyl groups is 2. The number of hydrogen-bond acceptors (Lipinski definition) is 5. The number of thiophene rings is 1. The Kier molecular flexibility index (Phi) is 4.81. The van der Waals surface area contributed by atoms with E-state index < -0.39 is 22.2 Å². The van der Waals surface area contributed by atoms with Gasteiger partial charge < -0.3 is 10.2 Å². The molecule has 0 amide bonds. The van der Waals surface area contributed by atoms with Crippen LogP contribution < -0.4 is 4.72 Å². The highest BCUT2D eigenvalue weighted by Crippen LogP contribution is 2.34. The average Bonchev–Trinajstić information content (AvgIpc) is 2.56. The molecule has 1 aromatic rings. The highest BCUT2D eigenvalue weighted by Gasteiger charge is 2.26. The molecule has 0 saturated heterocycles. The van der Waals surface area contributed by atoms with E-state index in [1.807, 2.05) is 0 Å². The summed E-state index contributed by atoms with van der Waals surface area (Å²) >= 11 is 12.3. The van der Waals surface area contributed by atoms with Gasteiger partial charge in [-0.15, -0.1) is 11.3 Å². The Labute approximate surface area is 113 Å². The molecule has 0 saturated carbocycles. The highest BCUT2D eigenvalue weighted by molar-refractivity contribution is 7.89. The van der Waals surface area contributed by atoms with Crippen molar-refractivity contribution in [3.05, 3.63) is 14.7 Å². The van der Waals surface area contributed by atoms with Crippen LogP contribution in [0.5, 0.6) is 0 Å². The maximum Gasteiger partial charge on any atom is 0.243 e. The van der Waals surface area contributed by atoms with E-state index in [4.69, 9.17) is 28.3 Å². The quantitative estimate of drug-likeness (QED) is 0.758. The third-order valence-electron chi connectivity index (χ3n) is 1.90. The van der Waals surface area contributed by atoms with Crippen molar-refractivity contribution in [3.63, 3.8) is 0 Å². The number of nitrogens with one attached hydrogen (secondary N) is 1. The molecule has 17 heavy (non-hydrogen) atoms. The molecule has 1 atom stereocenters. The molecule has 0 aliphatic heterocycles. The Hall–Kier alpha value is 0.110. The molecule has 0 aliphatic carbocycles. The molecule has 0 aliphatic rings. The zero-order valence-corrected chi connectivity index (χ0v) is 11.9. The first-order valence-corrected chi connectivity index (χ1v) is 7.51. The smallest absolute Gasteiger partial charge is 0.243 e. The lowest BCUT2D eigenvalue weighted by Gasteiger charge is -2.20. The highest BCUT2D eigenvalue weighted by atomic mass is 35.5. The van der Waals surface area contributed by atoms with E-state index in [1.165, 1.54) is 13.0 Å². The summed E-state index contributed by atoms with van der Waals surface area (Å²) in [6, 6.07) is 1.23. The first-order chi connectivity index (χ1) is 7.68. The van der Waals surface area contributed by atoms with Gasteiger partial charge in [-0.2, -0.15) is 0 Å². The summed E-state index contributed by atoms with van der Waals surface area (Å²) in [7, 11) is -3.84. The second kappa shape index (κ2) is 5.40. The van der Waals surface area contributed by atoms with Gasteiger partial charge in [0.1, 0.15) is 9.23 Å². The number of aliphatic hydroxyl groups excluding tert-OH is 1. The first-order valence-electron chi connectivity index (χ1n) is 4.46. The Balaban J connectivity index is 2.87. The minimum atomic E-state index is -3.84. The van der Waals surface area contributed by atoms with Crippen molar-refractivity contribution in [2.45, 2.75) is 17.4 Å². The summed E-state index contributed by atoms with van der Waals surface area (Å²) < 4.78 is 26.0. The van der Waals surface area contributed by atoms with E-state index in [0.717, 1.165) is 11.3 Å². The molecule has 0 radical (unpaired) electrons. The van der Waals surface area contributed by atoms with Gasteiger partial charge in [-0.05, 0) is 13.0 Å². The van der Waals surface area contributed by atoms with Crippen molar-refractivity contribution < 1.29 is 18.6 Å². The molecule has 0 fully saturated rings. The lowest BCUT2D eigenvalue weighted by Crippen LogP contribution is -2.43. The van der Waals surface area contributed by atoms with Gasteiger partial charge in [0.05, 0.1) is 16.5 Å². The molecule has 0 spiro atoms. The van der Waals surface area contributed by atoms with Gasteiger partial charge >= 0.3 is 0 Å². The van der Waals surface area contributed by atoms with Gasteiger partial charge in [0, 0.05) is 6.54 Å². The summed E-state index contributed by atoms with van der Waals surface area (Å²) in [6.45, 7) is 0.418. The van der Waals surface area contributed by atoms with E-state index in [0.29, 0.717) is 0 Å². The van der Waals surface area contributed by atoms with Crippen molar-refractivity contribution in [2.75, 3.05) is 13.2 Å². The third kappa shape index (κ3) is 4.06. The first kappa shape index (κ1) is 15.2. The standard InChI is InChI=1S/C8H11Cl2NO4S2/c1-8(13,4-12)3-11-17(14,15)5-2-6(9)16-7(5)10/h2,11-13H,3-4H2,1H3. The van der Waals surface area contributed by atoms with Crippen LogP contribution in [0.2, 0.25) is 8.67 Å². The van der Waals surface area contributed by atoms with Crippen LogP contribution in [0.4, 0.5) is 0 Å². The molecule has 0 aromatic carbocycles. The van der Waals surface area contributed by atoms with Gasteiger partial charge in [0.2, 0.25) is 10.0 Å². The fraction of sp³-hybridized carbons (Fsp3) is 0.500. The van der Waals surface area contributed by atoms with Crippen molar-refractivity contribution in [1.29, 1.82) is 0 Å². The average molecular weight is 320 g/mol. The number of rotatable bonds is 5. The van der Waals surface area contributed by atoms with Crippen LogP contribution in [0, 0.1) is 0 Å². The van der Waals surface area contributed by atoms with E-state index in [9.17, 15) is 13.5 Å². The molecule has 1 rings (SSSR count). The largest absolute Gasteiger partial charge is 0.393 e. The molecule has 1 aromatic heterocycles. The van der Waals surface area contributed by atoms with Crippen LogP contribution in [0.1, 0.15) is 6.92 Å². The minimum Gasteiger partial charge on any atom is -0.393 e. The number of halogens is 2. The maximum absolute atomic E-state index is 11.8. The zero-order valence-electron chi connectivity index (χ0n) is 8.77. The second-order valence-electron chi connectivity index (χ2n) is 3.67. The van der Waals surface area contributed by atoms with E-state index >= 15 is 0 Å². The van der Waals surface area contributed by atoms with E-state index in [1.54, 1.807) is 0 Å². The van der Waals surface area contributed by atoms with Crippen molar-refractivity contribution >= 4 is 44.6 Å². The normalized spacial score (nSPS) is 15.8. The summed E-state index contributed by atoms with van der Waals surface area (Å²) in [5.41, 5.74) is -1.53. The molecule has 9 heteroatoms. The third-order valence-corrected chi connectivity index (χ3v) is 5.05. The Bertz CT molecular complexity index is 498. The predicted octanol–water partition coefficient (Wildman–Crippen LogP) is 1.08. The monoisotopic (exact) mass is 319 g/mol. The van der Waals surface area contributed by atoms with Gasteiger partial charge in [0.15, 0.2) is 0 Å². The number of hydrogen-bond donors (Lipinski definition) is 3. The van der Waals surface area contributed by atoms with Gasteiger partial charge in [0.25, 0.3) is 0 Å². The zero-order chi connectivity index (χ0) is 13.3. The van der Waals surface area contributed by atoms with E-state index in [2.05, 4.69) is 4.72 Å². The van der Waals surface area contributed by atoms with Crippen molar-refractivity contribution in [2.24, 2.45) is 0 Å². The molecule has 1 unspecified atom stereocenters. The molecule has 5 nitrogen and oxygen atoms in total. The van der Waals surface area contributed by atoms with Crippen LogP contribution in [-0.2, 0) is 10.0 Å². The number of sulfonamides is 1. The summed E-state index contributed by atoms with van der Waals surface area (Å²) in [5, 5.41) is 18.3. The van der Waals surface area contributed by atoms with E-state index in [-0.39, 0.29) is 20.1 Å². The lowest BCUT2D eigenvalue weighted by atomic mass is 10.1. The second-order valence-corrected chi connectivity index (χ2v) is 7.69. The maximum atomic E-state index is 11.8. The lowest BCUT2D eigenvalue weighted by molar-refractivity contribution is 0.00681. The molecular formula is C8H11Cl2NO4S2. The van der Waals surface area contributed by atoms with Crippen LogP contribution in [-0.4, -0.2) is 37.4 Å². The summed E-state index contributed by atoms with van der Waals surface area (Å²) in [5.74, 6) is 0. The summed E-state index contributed by atoms with van der Waals surface area (Å²) in [6.07, 6.45) is 0. The molecule has 3 N–H and O–H groups in total. The van der Waals surface area contributed by atoms with Crippen LogP contribution >= 0.6 is 34.5 Å². The van der Waals surface area contributed by atoms with Gasteiger partial charge in [-0.3, -0.25) is 0 Å². The van der Waals surface area contributed by atoms with Crippen LogP contribution in [0.3, 0.4) is 0 Å². The van der Waals surface area contributed by atoms with Gasteiger partial charge in [-0.25, -0.2) is 13.1 Å². The molecule has 1 heterocycles.